The molecule has 1 amide bonds. The van der Waals surface area contributed by atoms with Crippen molar-refractivity contribution in [3.63, 3.8) is 0 Å². The average molecular weight is 623 g/mol. The van der Waals surface area contributed by atoms with Gasteiger partial charge < -0.3 is 9.73 Å². The van der Waals surface area contributed by atoms with Gasteiger partial charge in [-0.2, -0.15) is 0 Å². The molecule has 0 radical (unpaired) electrons. The SMILES string of the molecule is O=C(Nc1c(Br)cc(Br)cc1-c1nc2ccccc2s1)c1ccc(-c2ccc(Cl)c(Cl)c2)o1. The van der Waals surface area contributed by atoms with Crippen molar-refractivity contribution in [2.24, 2.45) is 0 Å². The van der Waals surface area contributed by atoms with E-state index in [2.05, 4.69) is 37.2 Å². The number of thiazole rings is 1. The number of nitrogens with one attached hydrogen (secondary N) is 1. The second-order valence-corrected chi connectivity index (χ2v) is 10.7. The summed E-state index contributed by atoms with van der Waals surface area (Å²) in [7, 11) is 0. The third-order valence-electron chi connectivity index (χ3n) is 4.85. The molecule has 4 nitrogen and oxygen atoms in total. The van der Waals surface area contributed by atoms with Gasteiger partial charge in [0.2, 0.25) is 0 Å². The minimum Gasteiger partial charge on any atom is -0.451 e. The Hall–Kier alpha value is -2.16. The van der Waals surface area contributed by atoms with Gasteiger partial charge in [0.25, 0.3) is 5.91 Å². The summed E-state index contributed by atoms with van der Waals surface area (Å²) in [6.07, 6.45) is 0. The van der Waals surface area contributed by atoms with E-state index < -0.39 is 0 Å². The molecule has 0 atom stereocenters. The van der Waals surface area contributed by atoms with Crippen molar-refractivity contribution in [1.82, 2.24) is 4.98 Å². The summed E-state index contributed by atoms with van der Waals surface area (Å²) in [4.78, 5) is 17.8. The smallest absolute Gasteiger partial charge is 0.291 e. The fourth-order valence-electron chi connectivity index (χ4n) is 3.30. The van der Waals surface area contributed by atoms with Crippen LogP contribution in [0.3, 0.4) is 0 Å². The van der Waals surface area contributed by atoms with Crippen LogP contribution < -0.4 is 5.32 Å². The highest BCUT2D eigenvalue weighted by molar-refractivity contribution is 9.11. The average Bonchev–Trinajstić information content (AvgIpc) is 3.44. The van der Waals surface area contributed by atoms with E-state index in [1.54, 1.807) is 41.7 Å². The zero-order chi connectivity index (χ0) is 23.1. The van der Waals surface area contributed by atoms with Gasteiger partial charge in [-0.25, -0.2) is 4.98 Å². The van der Waals surface area contributed by atoms with Gasteiger partial charge in [-0.05, 0) is 70.5 Å². The predicted octanol–water partition coefficient (Wildman–Crippen LogP) is 9.31. The number of benzene rings is 3. The molecule has 0 saturated carbocycles. The van der Waals surface area contributed by atoms with Gasteiger partial charge in [-0.3, -0.25) is 4.79 Å². The van der Waals surface area contributed by atoms with Crippen LogP contribution in [0.5, 0.6) is 0 Å². The minimum atomic E-state index is -0.383. The summed E-state index contributed by atoms with van der Waals surface area (Å²) in [5, 5.41) is 4.63. The largest absolute Gasteiger partial charge is 0.451 e. The molecule has 2 aromatic heterocycles. The van der Waals surface area contributed by atoms with Crippen LogP contribution in [0.4, 0.5) is 5.69 Å². The maximum Gasteiger partial charge on any atom is 0.291 e. The van der Waals surface area contributed by atoms with E-state index in [1.165, 1.54) is 0 Å². The molecule has 164 valence electrons. The summed E-state index contributed by atoms with van der Waals surface area (Å²) in [5.74, 6) is 0.299. The minimum absolute atomic E-state index is 0.168. The molecule has 1 N–H and O–H groups in total. The lowest BCUT2D eigenvalue weighted by molar-refractivity contribution is 0.0997. The number of fused-ring (bicyclic) bond motifs is 1. The first-order valence-corrected chi connectivity index (χ1v) is 12.8. The Bertz CT molecular complexity index is 1500. The van der Waals surface area contributed by atoms with E-state index in [4.69, 9.17) is 32.6 Å². The predicted molar refractivity (Wildman–Crippen MR) is 143 cm³/mol. The molecule has 3 aromatic carbocycles. The number of hydrogen-bond donors (Lipinski definition) is 1. The number of carbonyl (C=O) groups excluding carboxylic acids is 1. The fourth-order valence-corrected chi connectivity index (χ4v) is 5.91. The highest BCUT2D eigenvalue weighted by atomic mass is 79.9. The summed E-state index contributed by atoms with van der Waals surface area (Å²) in [5.41, 5.74) is 3.03. The molecular formula is C24H12Br2Cl2N2O2S. The highest BCUT2D eigenvalue weighted by Gasteiger charge is 2.20. The molecule has 0 spiro atoms. The molecule has 0 unspecified atom stereocenters. The Balaban J connectivity index is 1.49. The van der Waals surface area contributed by atoms with Crippen molar-refractivity contribution in [3.8, 4) is 21.9 Å². The van der Waals surface area contributed by atoms with Gasteiger partial charge in [-0.15, -0.1) is 11.3 Å². The Kier molecular flexibility index (Phi) is 6.33. The Morgan fingerprint density at radius 1 is 0.970 bits per heavy atom. The van der Waals surface area contributed by atoms with Gasteiger partial charge in [0.1, 0.15) is 10.8 Å². The van der Waals surface area contributed by atoms with Crippen molar-refractivity contribution < 1.29 is 9.21 Å². The molecule has 0 aliphatic rings. The zero-order valence-corrected chi connectivity index (χ0v) is 22.0. The van der Waals surface area contributed by atoms with Crippen molar-refractivity contribution in [2.75, 3.05) is 5.32 Å². The number of amides is 1. The Labute approximate surface area is 219 Å². The summed E-state index contributed by atoms with van der Waals surface area (Å²) < 4.78 is 8.45. The van der Waals surface area contributed by atoms with Crippen LogP contribution in [-0.4, -0.2) is 10.9 Å². The van der Waals surface area contributed by atoms with Crippen LogP contribution in [0, 0.1) is 0 Å². The lowest BCUT2D eigenvalue weighted by Crippen LogP contribution is -2.12. The zero-order valence-electron chi connectivity index (χ0n) is 16.5. The second-order valence-electron chi connectivity index (χ2n) is 7.04. The van der Waals surface area contributed by atoms with E-state index in [0.29, 0.717) is 21.5 Å². The first-order valence-electron chi connectivity index (χ1n) is 9.60. The number of anilines is 1. The standard InChI is InChI=1S/C24H12Br2Cl2N2O2S/c25-13-10-14(24-29-18-3-1-2-4-21(18)33-24)22(15(26)11-13)30-23(31)20-8-7-19(32-20)12-5-6-16(27)17(28)9-12/h1-11H,(H,30,31). The first-order chi connectivity index (χ1) is 15.9. The lowest BCUT2D eigenvalue weighted by Gasteiger charge is -2.12. The van der Waals surface area contributed by atoms with E-state index in [9.17, 15) is 4.79 Å². The molecule has 5 rings (SSSR count). The molecule has 5 aromatic rings. The van der Waals surface area contributed by atoms with Crippen LogP contribution in [-0.2, 0) is 0 Å². The molecule has 9 heteroatoms. The van der Waals surface area contributed by atoms with Crippen LogP contribution in [0.15, 0.2) is 80.1 Å². The third kappa shape index (κ3) is 4.61. The summed E-state index contributed by atoms with van der Waals surface area (Å²) in [6, 6.07) is 20.2. The van der Waals surface area contributed by atoms with Crippen LogP contribution in [0.1, 0.15) is 10.6 Å². The number of halogens is 4. The molecule has 0 aliphatic carbocycles. The number of furan rings is 1. The molecule has 0 bridgehead atoms. The van der Waals surface area contributed by atoms with E-state index in [0.717, 1.165) is 35.3 Å². The Morgan fingerprint density at radius 3 is 2.58 bits per heavy atom. The van der Waals surface area contributed by atoms with Crippen molar-refractivity contribution in [3.05, 3.63) is 91.5 Å². The topological polar surface area (TPSA) is 55.1 Å². The highest BCUT2D eigenvalue weighted by Crippen LogP contribution is 2.41. The Morgan fingerprint density at radius 2 is 1.79 bits per heavy atom. The van der Waals surface area contributed by atoms with E-state index in [-0.39, 0.29) is 11.7 Å². The molecular weight excluding hydrogens is 611 g/mol. The number of carbonyl (C=O) groups is 1. The quantitative estimate of drug-likeness (QED) is 0.217. The number of para-hydroxylation sites is 1. The monoisotopic (exact) mass is 620 g/mol. The molecule has 33 heavy (non-hydrogen) atoms. The maximum atomic E-state index is 13.1. The molecule has 0 saturated heterocycles. The third-order valence-corrected chi connectivity index (χ3v) is 7.74. The van der Waals surface area contributed by atoms with Crippen LogP contribution in [0.25, 0.3) is 32.1 Å². The summed E-state index contributed by atoms with van der Waals surface area (Å²) >= 11 is 20.8. The lowest BCUT2D eigenvalue weighted by atomic mass is 10.2. The maximum absolute atomic E-state index is 13.1. The van der Waals surface area contributed by atoms with Gasteiger partial charge in [0, 0.05) is 20.1 Å². The van der Waals surface area contributed by atoms with Crippen LogP contribution in [0.2, 0.25) is 10.0 Å². The van der Waals surface area contributed by atoms with Gasteiger partial charge in [-0.1, -0.05) is 51.3 Å². The first kappa shape index (κ1) is 22.6. The number of aromatic nitrogens is 1. The van der Waals surface area contributed by atoms with Crippen molar-refractivity contribution >= 4 is 88.2 Å². The number of nitrogens with zero attached hydrogens (tertiary/aromatic N) is 1. The molecule has 0 aliphatic heterocycles. The number of hydrogen-bond acceptors (Lipinski definition) is 4. The van der Waals surface area contributed by atoms with Gasteiger partial charge >= 0.3 is 0 Å². The summed E-state index contributed by atoms with van der Waals surface area (Å²) in [6.45, 7) is 0. The van der Waals surface area contributed by atoms with Crippen LogP contribution >= 0.6 is 66.4 Å². The van der Waals surface area contributed by atoms with Gasteiger partial charge in [0.15, 0.2) is 5.76 Å². The fraction of sp³-hybridized carbons (Fsp3) is 0. The normalized spacial score (nSPS) is 11.2. The molecule has 2 heterocycles. The number of rotatable bonds is 4. The second kappa shape index (κ2) is 9.24. The molecule has 0 fully saturated rings. The van der Waals surface area contributed by atoms with Gasteiger partial charge in [0.05, 0.1) is 25.9 Å². The van der Waals surface area contributed by atoms with Crippen molar-refractivity contribution in [2.45, 2.75) is 0 Å². The van der Waals surface area contributed by atoms with E-state index in [1.807, 2.05) is 36.4 Å². The van der Waals surface area contributed by atoms with Crippen molar-refractivity contribution in [1.29, 1.82) is 0 Å². The van der Waals surface area contributed by atoms with E-state index >= 15 is 0 Å².